The molecular formula is C20H19I4NO3. The highest BCUT2D eigenvalue weighted by molar-refractivity contribution is 14.1. The number of halogens is 4. The van der Waals surface area contributed by atoms with Gasteiger partial charge in [0.25, 0.3) is 0 Å². The smallest absolute Gasteiger partial charge is 0.225 e. The molecule has 1 amide bonds. The highest BCUT2D eigenvalue weighted by Crippen LogP contribution is 2.41. The molecule has 1 unspecified atom stereocenters. The van der Waals surface area contributed by atoms with Gasteiger partial charge in [-0.05, 0) is 139 Å². The van der Waals surface area contributed by atoms with Crippen LogP contribution in [0, 0.1) is 20.2 Å². The number of hydrogen-bond acceptors (Lipinski definition) is 3. The zero-order chi connectivity index (χ0) is 20.4. The van der Waals surface area contributed by atoms with Crippen LogP contribution in [0.1, 0.15) is 43.6 Å². The monoisotopic (exact) mass is 829 g/mol. The van der Waals surface area contributed by atoms with Gasteiger partial charge in [0, 0.05) is 0 Å². The Labute approximate surface area is 219 Å². The first-order valence-electron chi connectivity index (χ1n) is 8.92. The standard InChI is InChI=1S/C20H19I4NO3/c21-13-8-12(9-14(22)18(13)26)28-19-15(23)6-11(7-16(19)24)17(20(25)27)10-4-2-1-3-5-10/h6-10,17,26H,1-5H2,(H2,25,27). The van der Waals surface area contributed by atoms with E-state index in [4.69, 9.17) is 10.5 Å². The minimum Gasteiger partial charge on any atom is -0.506 e. The summed E-state index contributed by atoms with van der Waals surface area (Å²) in [5.74, 6) is 1.54. The second kappa shape index (κ2) is 10.2. The molecule has 2 aromatic rings. The molecule has 0 aromatic heterocycles. The van der Waals surface area contributed by atoms with Crippen molar-refractivity contribution >= 4 is 96.3 Å². The lowest BCUT2D eigenvalue weighted by molar-refractivity contribution is -0.120. The minimum atomic E-state index is -0.244. The van der Waals surface area contributed by atoms with E-state index in [0.29, 0.717) is 11.7 Å². The van der Waals surface area contributed by atoms with E-state index in [1.807, 2.05) is 24.3 Å². The van der Waals surface area contributed by atoms with Crippen LogP contribution in [0.5, 0.6) is 17.2 Å². The molecule has 1 aliphatic carbocycles. The van der Waals surface area contributed by atoms with Gasteiger partial charge in [-0.1, -0.05) is 19.3 Å². The van der Waals surface area contributed by atoms with Gasteiger partial charge in [-0.3, -0.25) is 4.79 Å². The molecule has 4 nitrogen and oxygen atoms in total. The van der Waals surface area contributed by atoms with Gasteiger partial charge in [0.2, 0.25) is 5.91 Å². The van der Waals surface area contributed by atoms with Crippen LogP contribution in [0.4, 0.5) is 0 Å². The summed E-state index contributed by atoms with van der Waals surface area (Å²) >= 11 is 8.69. The van der Waals surface area contributed by atoms with Gasteiger partial charge in [0.05, 0.1) is 20.2 Å². The van der Waals surface area contributed by atoms with Crippen LogP contribution in [-0.2, 0) is 4.79 Å². The second-order valence-electron chi connectivity index (χ2n) is 6.93. The van der Waals surface area contributed by atoms with E-state index in [9.17, 15) is 9.90 Å². The van der Waals surface area contributed by atoms with Crippen LogP contribution in [0.25, 0.3) is 0 Å². The molecule has 0 aliphatic heterocycles. The highest BCUT2D eigenvalue weighted by Gasteiger charge is 2.30. The first-order chi connectivity index (χ1) is 13.3. The number of phenolic OH excluding ortho intramolecular Hbond substituents is 1. The van der Waals surface area contributed by atoms with E-state index >= 15 is 0 Å². The second-order valence-corrected chi connectivity index (χ2v) is 11.6. The van der Waals surface area contributed by atoms with Gasteiger partial charge in [-0.25, -0.2) is 0 Å². The molecule has 0 spiro atoms. The number of benzene rings is 2. The average Bonchev–Trinajstić information content (AvgIpc) is 2.63. The molecule has 0 saturated heterocycles. The van der Waals surface area contributed by atoms with E-state index in [-0.39, 0.29) is 17.6 Å². The Kier molecular flexibility index (Phi) is 8.38. The summed E-state index contributed by atoms with van der Waals surface area (Å²) in [6.45, 7) is 0. The van der Waals surface area contributed by atoms with Crippen molar-refractivity contribution in [3.05, 3.63) is 44.1 Å². The Morgan fingerprint density at radius 2 is 1.50 bits per heavy atom. The largest absolute Gasteiger partial charge is 0.506 e. The zero-order valence-corrected chi connectivity index (χ0v) is 23.5. The molecular weight excluding hydrogens is 810 g/mol. The van der Waals surface area contributed by atoms with Crippen LogP contribution in [0.15, 0.2) is 24.3 Å². The maximum absolute atomic E-state index is 12.3. The van der Waals surface area contributed by atoms with Gasteiger partial charge in [0.15, 0.2) is 5.75 Å². The summed E-state index contributed by atoms with van der Waals surface area (Å²) in [4.78, 5) is 12.3. The van der Waals surface area contributed by atoms with Crippen molar-refractivity contribution in [2.75, 3.05) is 0 Å². The van der Waals surface area contributed by atoms with Gasteiger partial charge in [-0.15, -0.1) is 0 Å². The van der Waals surface area contributed by atoms with Crippen LogP contribution >= 0.6 is 90.4 Å². The Hall–Kier alpha value is 0.430. The van der Waals surface area contributed by atoms with Crippen LogP contribution < -0.4 is 10.5 Å². The predicted molar refractivity (Wildman–Crippen MR) is 144 cm³/mol. The van der Waals surface area contributed by atoms with Crippen molar-refractivity contribution in [2.24, 2.45) is 11.7 Å². The van der Waals surface area contributed by atoms with Gasteiger partial charge >= 0.3 is 0 Å². The zero-order valence-electron chi connectivity index (χ0n) is 14.9. The molecule has 1 fully saturated rings. The van der Waals surface area contributed by atoms with Crippen molar-refractivity contribution in [1.82, 2.24) is 0 Å². The lowest BCUT2D eigenvalue weighted by Gasteiger charge is -2.29. The number of nitrogens with two attached hydrogens (primary N) is 1. The molecule has 150 valence electrons. The van der Waals surface area contributed by atoms with Gasteiger partial charge in [0.1, 0.15) is 11.5 Å². The molecule has 8 heteroatoms. The molecule has 0 radical (unpaired) electrons. The number of rotatable bonds is 5. The van der Waals surface area contributed by atoms with Gasteiger partial charge < -0.3 is 15.6 Å². The number of primary amides is 1. The highest BCUT2D eigenvalue weighted by atomic mass is 127. The Morgan fingerprint density at radius 3 is 2.00 bits per heavy atom. The van der Waals surface area contributed by atoms with Crippen molar-refractivity contribution in [1.29, 1.82) is 0 Å². The number of carbonyl (C=O) groups is 1. The average molecular weight is 829 g/mol. The molecule has 3 N–H and O–H groups in total. The third-order valence-electron chi connectivity index (χ3n) is 5.02. The Bertz CT molecular complexity index is 851. The fourth-order valence-corrected chi connectivity index (χ4v) is 7.46. The van der Waals surface area contributed by atoms with E-state index in [0.717, 1.165) is 38.4 Å². The first-order valence-corrected chi connectivity index (χ1v) is 13.2. The third kappa shape index (κ3) is 5.37. The van der Waals surface area contributed by atoms with Gasteiger partial charge in [-0.2, -0.15) is 0 Å². The van der Waals surface area contributed by atoms with E-state index in [1.165, 1.54) is 19.3 Å². The molecule has 28 heavy (non-hydrogen) atoms. The van der Waals surface area contributed by atoms with Crippen molar-refractivity contribution in [2.45, 2.75) is 38.0 Å². The summed E-state index contributed by atoms with van der Waals surface area (Å²) in [5.41, 5.74) is 6.79. The normalized spacial score (nSPS) is 16.0. The number of aromatic hydroxyl groups is 1. The topological polar surface area (TPSA) is 72.6 Å². The fraction of sp³-hybridized carbons (Fsp3) is 0.350. The minimum absolute atomic E-state index is 0.241. The first kappa shape index (κ1) is 23.1. The van der Waals surface area contributed by atoms with Crippen LogP contribution in [0.3, 0.4) is 0 Å². The number of carbonyl (C=O) groups excluding carboxylic acids is 1. The summed E-state index contributed by atoms with van der Waals surface area (Å²) in [7, 11) is 0. The quantitative estimate of drug-likeness (QED) is 0.328. The number of ether oxygens (including phenoxy) is 1. The predicted octanol–water partition coefficient (Wildman–Crippen LogP) is 6.75. The van der Waals surface area contributed by atoms with E-state index < -0.39 is 0 Å². The molecule has 0 bridgehead atoms. The van der Waals surface area contributed by atoms with Crippen LogP contribution in [0.2, 0.25) is 0 Å². The summed E-state index contributed by atoms with van der Waals surface area (Å²) in [6, 6.07) is 7.68. The molecule has 0 heterocycles. The van der Waals surface area contributed by atoms with Crippen molar-refractivity contribution < 1.29 is 14.6 Å². The summed E-state index contributed by atoms with van der Waals surface area (Å²) in [6.07, 6.45) is 5.70. The third-order valence-corrected chi connectivity index (χ3v) is 8.27. The molecule has 1 aliphatic rings. The van der Waals surface area contributed by atoms with Crippen molar-refractivity contribution in [3.63, 3.8) is 0 Å². The maximum Gasteiger partial charge on any atom is 0.225 e. The maximum atomic E-state index is 12.3. The number of amides is 1. The van der Waals surface area contributed by atoms with E-state index in [2.05, 4.69) is 90.4 Å². The fourth-order valence-electron chi connectivity index (χ4n) is 3.71. The molecule has 1 saturated carbocycles. The Balaban J connectivity index is 1.93. The lowest BCUT2D eigenvalue weighted by atomic mass is 9.76. The molecule has 1 atom stereocenters. The molecule has 2 aromatic carbocycles. The lowest BCUT2D eigenvalue weighted by Crippen LogP contribution is -2.29. The number of phenols is 1. The van der Waals surface area contributed by atoms with Crippen molar-refractivity contribution in [3.8, 4) is 17.2 Å². The van der Waals surface area contributed by atoms with Crippen LogP contribution in [-0.4, -0.2) is 11.0 Å². The summed E-state index contributed by atoms with van der Waals surface area (Å²) in [5, 5.41) is 9.96. The van der Waals surface area contributed by atoms with E-state index in [1.54, 1.807) is 0 Å². The Morgan fingerprint density at radius 1 is 0.964 bits per heavy atom. The molecule has 3 rings (SSSR count). The number of hydrogen-bond donors (Lipinski definition) is 2. The SMILES string of the molecule is NC(=O)C(c1cc(I)c(Oc2cc(I)c(O)c(I)c2)c(I)c1)C1CCCCC1. The summed E-state index contributed by atoms with van der Waals surface area (Å²) < 4.78 is 9.52.